The number of carbonyl (C=O) groups is 4. The number of nitrogens with one attached hydrogen (secondary N) is 1. The zero-order valence-electron chi connectivity index (χ0n) is 22.0. The molecule has 3 aliphatic carbocycles. The molecule has 3 aliphatic rings. The Morgan fingerprint density at radius 3 is 2.34 bits per heavy atom. The van der Waals surface area contributed by atoms with Crippen molar-refractivity contribution in [2.75, 3.05) is 33.1 Å². The number of phenolic OH excluding ortho intramolecular Hbond substituents is 1. The Morgan fingerprint density at radius 2 is 1.82 bits per heavy atom. The van der Waals surface area contributed by atoms with Crippen LogP contribution in [0.5, 0.6) is 5.75 Å². The smallest absolute Gasteiger partial charge is 0.230 e. The summed E-state index contributed by atoms with van der Waals surface area (Å²) in [5.74, 6) is -8.23. The number of amides is 2. The number of likely N-dealkylation sites (N-methyl/N-ethyl adjacent to an activating group) is 1. The van der Waals surface area contributed by atoms with Crippen LogP contribution in [0.2, 0.25) is 0 Å². The van der Waals surface area contributed by atoms with E-state index in [1.165, 1.54) is 6.92 Å². The summed E-state index contributed by atoms with van der Waals surface area (Å²) in [5.41, 5.74) is 3.95. The number of ketones is 2. The maximum Gasteiger partial charge on any atom is 0.230 e. The molecule has 2 saturated carbocycles. The zero-order chi connectivity index (χ0) is 28.4. The third-order valence-electron chi connectivity index (χ3n) is 8.15. The zero-order valence-corrected chi connectivity index (χ0v) is 22.0. The second kappa shape index (κ2) is 9.37. The number of hydrogen-bond acceptors (Lipinski definition) is 10. The normalized spacial score (nSPS) is 30.5. The number of anilines is 1. The van der Waals surface area contributed by atoms with E-state index in [1.54, 1.807) is 44.1 Å². The van der Waals surface area contributed by atoms with Crippen molar-refractivity contribution >= 4 is 34.8 Å². The Bertz CT molecular complexity index is 1270. The Labute approximate surface area is 219 Å². The summed E-state index contributed by atoms with van der Waals surface area (Å²) in [4.78, 5) is 54.3. The van der Waals surface area contributed by atoms with Gasteiger partial charge < -0.3 is 41.3 Å². The fraction of sp³-hybridized carbons (Fsp3) is 0.538. The monoisotopic (exact) mass is 530 g/mol. The number of aromatic hydroxyl groups is 1. The van der Waals surface area contributed by atoms with Gasteiger partial charge in [-0.2, -0.15) is 0 Å². The number of aliphatic hydroxyl groups is 3. The van der Waals surface area contributed by atoms with Crippen LogP contribution < -0.4 is 16.0 Å². The van der Waals surface area contributed by atoms with Crippen molar-refractivity contribution in [2.24, 2.45) is 23.5 Å². The molecule has 2 fully saturated rings. The summed E-state index contributed by atoms with van der Waals surface area (Å²) >= 11 is 0. The molecule has 0 heterocycles. The first-order valence-corrected chi connectivity index (χ1v) is 12.3. The van der Waals surface area contributed by atoms with Crippen LogP contribution in [-0.4, -0.2) is 94.6 Å². The third kappa shape index (κ3) is 3.86. The van der Waals surface area contributed by atoms with E-state index in [1.807, 2.05) is 0 Å². The van der Waals surface area contributed by atoms with Crippen molar-refractivity contribution in [1.82, 2.24) is 10.2 Å². The van der Waals surface area contributed by atoms with Gasteiger partial charge >= 0.3 is 0 Å². The second-order valence-electron chi connectivity index (χ2n) is 10.9. The molecule has 0 bridgehead atoms. The Morgan fingerprint density at radius 1 is 1.18 bits per heavy atom. The number of aliphatic hydroxyl groups excluding tert-OH is 2. The van der Waals surface area contributed by atoms with Gasteiger partial charge in [0.1, 0.15) is 17.4 Å². The SMILES string of the molecule is CC(=O)NCc1cc(N(C)C)c2c(c1O)C(O)=C1C(=O)[C@]3(O)C(=O)[C@H](C(N)=O)C(O)C(N(C)C)[C@@H]3C[C@@H]1C2. The number of nitrogens with two attached hydrogens (primary N) is 1. The van der Waals surface area contributed by atoms with Crippen LogP contribution in [0.4, 0.5) is 5.69 Å². The van der Waals surface area contributed by atoms with E-state index >= 15 is 0 Å². The maximum atomic E-state index is 13.9. The second-order valence-corrected chi connectivity index (χ2v) is 10.9. The fourth-order valence-corrected chi connectivity index (χ4v) is 6.46. The van der Waals surface area contributed by atoms with Crippen LogP contribution >= 0.6 is 0 Å². The van der Waals surface area contributed by atoms with Crippen molar-refractivity contribution in [2.45, 2.75) is 44.1 Å². The highest BCUT2D eigenvalue weighted by Gasteiger charge is 2.67. The molecule has 2 unspecified atom stereocenters. The number of hydrogen-bond donors (Lipinski definition) is 6. The molecular weight excluding hydrogens is 496 g/mol. The quantitative estimate of drug-likeness (QED) is 0.253. The number of rotatable bonds is 5. The number of fused-ring (bicyclic) bond motifs is 3. The average molecular weight is 531 g/mol. The van der Waals surface area contributed by atoms with Crippen molar-refractivity contribution in [3.63, 3.8) is 0 Å². The first kappa shape index (κ1) is 27.6. The van der Waals surface area contributed by atoms with Gasteiger partial charge in [0.25, 0.3) is 0 Å². The number of carbonyl (C=O) groups excluding carboxylic acids is 4. The van der Waals surface area contributed by atoms with Gasteiger partial charge in [0.05, 0.1) is 11.7 Å². The molecule has 6 atom stereocenters. The van der Waals surface area contributed by atoms with Gasteiger partial charge in [-0.3, -0.25) is 19.2 Å². The van der Waals surface area contributed by atoms with Crippen LogP contribution in [0, 0.1) is 17.8 Å². The van der Waals surface area contributed by atoms with Crippen molar-refractivity contribution in [3.8, 4) is 5.75 Å². The van der Waals surface area contributed by atoms with Gasteiger partial charge in [-0.1, -0.05) is 0 Å². The van der Waals surface area contributed by atoms with Crippen LogP contribution in [0.25, 0.3) is 5.76 Å². The first-order valence-electron chi connectivity index (χ1n) is 12.3. The summed E-state index contributed by atoms with van der Waals surface area (Å²) in [6, 6.07) is 0.739. The molecule has 0 aromatic heterocycles. The summed E-state index contributed by atoms with van der Waals surface area (Å²) in [6.45, 7) is 1.28. The highest BCUT2D eigenvalue weighted by atomic mass is 16.3. The van der Waals surface area contributed by atoms with E-state index in [-0.39, 0.29) is 42.2 Å². The van der Waals surface area contributed by atoms with Gasteiger partial charge in [-0.25, -0.2) is 0 Å². The minimum absolute atomic E-state index is 0.0166. The highest BCUT2D eigenvalue weighted by molar-refractivity contribution is 6.25. The number of phenols is 1. The molecule has 2 amide bonds. The summed E-state index contributed by atoms with van der Waals surface area (Å²) in [6.07, 6.45) is -1.31. The Kier molecular flexibility index (Phi) is 6.79. The average Bonchev–Trinajstić information content (AvgIpc) is 2.80. The summed E-state index contributed by atoms with van der Waals surface area (Å²) in [7, 11) is 6.76. The Balaban J connectivity index is 1.93. The van der Waals surface area contributed by atoms with Gasteiger partial charge in [0.15, 0.2) is 11.4 Å². The molecule has 206 valence electrons. The molecule has 1 aromatic rings. The van der Waals surface area contributed by atoms with Crippen LogP contribution in [0.15, 0.2) is 11.6 Å². The number of primary amides is 1. The van der Waals surface area contributed by atoms with E-state index in [9.17, 15) is 39.6 Å². The van der Waals surface area contributed by atoms with E-state index < -0.39 is 58.7 Å². The van der Waals surface area contributed by atoms with Crippen LogP contribution in [-0.2, 0) is 32.1 Å². The minimum Gasteiger partial charge on any atom is -0.507 e. The molecule has 0 aliphatic heterocycles. The van der Waals surface area contributed by atoms with Gasteiger partial charge in [-0.05, 0) is 44.5 Å². The largest absolute Gasteiger partial charge is 0.507 e. The van der Waals surface area contributed by atoms with Gasteiger partial charge in [0.2, 0.25) is 17.6 Å². The molecule has 12 heteroatoms. The lowest BCUT2D eigenvalue weighted by Crippen LogP contribution is -2.73. The predicted octanol–water partition coefficient (Wildman–Crippen LogP) is -1.17. The van der Waals surface area contributed by atoms with E-state index in [0.29, 0.717) is 16.8 Å². The van der Waals surface area contributed by atoms with Crippen molar-refractivity contribution in [3.05, 3.63) is 28.3 Å². The lowest BCUT2D eigenvalue weighted by molar-refractivity contribution is -0.184. The molecular formula is C26H34N4O8. The first-order chi connectivity index (χ1) is 17.6. The van der Waals surface area contributed by atoms with E-state index in [4.69, 9.17) is 5.73 Å². The molecule has 12 nitrogen and oxygen atoms in total. The lowest BCUT2D eigenvalue weighted by Gasteiger charge is -2.53. The molecule has 38 heavy (non-hydrogen) atoms. The molecule has 7 N–H and O–H groups in total. The fourth-order valence-electron chi connectivity index (χ4n) is 6.46. The number of benzene rings is 1. The van der Waals surface area contributed by atoms with Crippen molar-refractivity contribution in [1.29, 1.82) is 0 Å². The van der Waals surface area contributed by atoms with Crippen molar-refractivity contribution < 1.29 is 39.6 Å². The standard InChI is InChI=1S/C26H34N4O8/c1-10(31)28-9-12-8-15(29(2)3)13-6-11-7-14-19(30(4)5)22(34)18(25(27)37)24(36)26(14,38)23(35)16(11)21(33)17(13)20(12)32/h8,11,14,18-19,22,32-34,38H,6-7,9H2,1-5H3,(H2,27,37)(H,28,31)/t11-,14-,18+,19?,22?,26-/m0/s1. The molecule has 0 spiro atoms. The summed E-state index contributed by atoms with van der Waals surface area (Å²) in [5, 5.41) is 47.8. The maximum absolute atomic E-state index is 13.9. The van der Waals surface area contributed by atoms with E-state index in [2.05, 4.69) is 5.32 Å². The molecule has 0 saturated heterocycles. The topological polar surface area (TPSA) is 194 Å². The van der Waals surface area contributed by atoms with E-state index in [0.717, 1.165) is 0 Å². The predicted molar refractivity (Wildman–Crippen MR) is 136 cm³/mol. The van der Waals surface area contributed by atoms with Crippen LogP contribution in [0.3, 0.4) is 0 Å². The third-order valence-corrected chi connectivity index (χ3v) is 8.15. The minimum atomic E-state index is -2.71. The number of Topliss-reactive ketones (excluding diaryl/α,β-unsaturated/α-hetero) is 2. The number of nitrogens with zero attached hydrogens (tertiary/aromatic N) is 2. The highest BCUT2D eigenvalue weighted by Crippen LogP contribution is 2.53. The molecule has 0 radical (unpaired) electrons. The van der Waals surface area contributed by atoms with Crippen LogP contribution in [0.1, 0.15) is 30.0 Å². The summed E-state index contributed by atoms with van der Waals surface area (Å²) < 4.78 is 0. The van der Waals surface area contributed by atoms with Gasteiger partial charge in [0, 0.05) is 56.3 Å². The molecule has 4 rings (SSSR count). The Hall–Kier alpha value is -3.48. The van der Waals surface area contributed by atoms with Gasteiger partial charge in [-0.15, -0.1) is 0 Å². The lowest BCUT2D eigenvalue weighted by atomic mass is 9.54. The molecule has 1 aromatic carbocycles.